The molecular formula is C25H22BrCl2N5O. The van der Waals surface area contributed by atoms with Gasteiger partial charge in [-0.15, -0.1) is 0 Å². The Morgan fingerprint density at radius 2 is 2.00 bits per heavy atom. The molecule has 1 amide bonds. The van der Waals surface area contributed by atoms with Gasteiger partial charge in [0.25, 0.3) is 0 Å². The van der Waals surface area contributed by atoms with Crippen molar-refractivity contribution in [3.05, 3.63) is 87.0 Å². The van der Waals surface area contributed by atoms with Crippen LogP contribution in [-0.4, -0.2) is 45.5 Å². The number of likely N-dealkylation sites (N-methyl/N-ethyl adjacent to an activating group) is 1. The minimum atomic E-state index is -0.0664. The van der Waals surface area contributed by atoms with Gasteiger partial charge in [-0.25, -0.2) is 4.98 Å². The molecular weight excluding hydrogens is 537 g/mol. The molecule has 0 saturated heterocycles. The second-order valence-electron chi connectivity index (χ2n) is 7.66. The molecule has 0 radical (unpaired) electrons. The summed E-state index contributed by atoms with van der Waals surface area (Å²) in [5.74, 6) is 0.726. The van der Waals surface area contributed by atoms with E-state index < -0.39 is 0 Å². The van der Waals surface area contributed by atoms with Crippen molar-refractivity contribution < 1.29 is 4.79 Å². The smallest absolute Gasteiger partial charge is 0.246 e. The number of carbonyl (C=O) groups is 1. The number of halogens is 3. The van der Waals surface area contributed by atoms with Crippen molar-refractivity contribution in [3.63, 3.8) is 0 Å². The van der Waals surface area contributed by atoms with E-state index in [0.29, 0.717) is 28.8 Å². The van der Waals surface area contributed by atoms with Gasteiger partial charge in [0.1, 0.15) is 5.82 Å². The average molecular weight is 559 g/mol. The van der Waals surface area contributed by atoms with Gasteiger partial charge in [-0.1, -0.05) is 53.5 Å². The van der Waals surface area contributed by atoms with Gasteiger partial charge in [-0.2, -0.15) is 9.61 Å². The van der Waals surface area contributed by atoms with E-state index in [4.69, 9.17) is 28.2 Å². The van der Waals surface area contributed by atoms with Crippen LogP contribution in [0.4, 0.5) is 5.82 Å². The van der Waals surface area contributed by atoms with Gasteiger partial charge in [0.05, 0.1) is 16.4 Å². The van der Waals surface area contributed by atoms with Crippen LogP contribution < -0.4 is 5.32 Å². The minimum absolute atomic E-state index is 0.0664. The van der Waals surface area contributed by atoms with Crippen LogP contribution in [0.2, 0.25) is 10.0 Å². The molecule has 1 N–H and O–H groups in total. The number of anilines is 1. The lowest BCUT2D eigenvalue weighted by Crippen LogP contribution is -2.27. The molecule has 4 aromatic rings. The highest BCUT2D eigenvalue weighted by Gasteiger charge is 2.13. The third kappa shape index (κ3) is 5.78. The van der Waals surface area contributed by atoms with Crippen LogP contribution in [0.25, 0.3) is 23.0 Å². The van der Waals surface area contributed by atoms with Crippen LogP contribution in [-0.2, 0) is 4.79 Å². The fraction of sp³-hybridized carbons (Fsp3) is 0.160. The molecule has 2 aromatic carbocycles. The van der Waals surface area contributed by atoms with E-state index in [1.165, 1.54) is 0 Å². The zero-order chi connectivity index (χ0) is 24.1. The second kappa shape index (κ2) is 11.0. The molecule has 6 nitrogen and oxygen atoms in total. The summed E-state index contributed by atoms with van der Waals surface area (Å²) in [6.07, 6.45) is 5.79. The Morgan fingerprint density at radius 1 is 1.18 bits per heavy atom. The molecule has 2 aromatic heterocycles. The highest BCUT2D eigenvalue weighted by Crippen LogP contribution is 2.30. The Kier molecular flexibility index (Phi) is 7.88. The van der Waals surface area contributed by atoms with Crippen LogP contribution >= 0.6 is 39.1 Å². The van der Waals surface area contributed by atoms with Gasteiger partial charge in [-0.3, -0.25) is 4.79 Å². The second-order valence-corrected chi connectivity index (χ2v) is 9.36. The van der Waals surface area contributed by atoms with Crippen molar-refractivity contribution >= 4 is 62.6 Å². The molecule has 0 spiro atoms. The number of fused-ring (bicyclic) bond motifs is 1. The van der Waals surface area contributed by atoms with Gasteiger partial charge in [0.2, 0.25) is 5.91 Å². The summed E-state index contributed by atoms with van der Waals surface area (Å²) < 4.78 is 2.54. The number of amides is 1. The zero-order valence-electron chi connectivity index (χ0n) is 18.4. The van der Waals surface area contributed by atoms with E-state index in [9.17, 15) is 4.79 Å². The maximum atomic E-state index is 12.4. The number of benzene rings is 2. The van der Waals surface area contributed by atoms with E-state index in [1.54, 1.807) is 40.9 Å². The number of hydrogen-bond donors (Lipinski definition) is 1. The fourth-order valence-corrected chi connectivity index (χ4v) is 4.20. The summed E-state index contributed by atoms with van der Waals surface area (Å²) >= 11 is 15.9. The first kappa shape index (κ1) is 24.3. The molecule has 0 unspecified atom stereocenters. The first-order valence-corrected chi connectivity index (χ1v) is 12.2. The van der Waals surface area contributed by atoms with Crippen LogP contribution in [0, 0.1) is 0 Å². The molecule has 0 saturated carbocycles. The molecule has 0 aliphatic carbocycles. The number of rotatable bonds is 8. The standard InChI is InChI=1S/C25H22BrCl2N5O/c1-32(24(34)11-10-17-6-4-7-18(27)14-17)13-5-12-29-23-15-22(19-8-2-3-9-21(19)28)31-25-20(26)16-30-33(23)25/h2-4,6-11,14-16,29H,5,12-13H2,1H3/b11-10+. The average Bonchev–Trinajstić information content (AvgIpc) is 3.21. The normalized spacial score (nSPS) is 11.3. The number of nitrogens with one attached hydrogen (secondary N) is 1. The number of hydrogen-bond acceptors (Lipinski definition) is 4. The minimum Gasteiger partial charge on any atom is -0.370 e. The molecule has 0 bridgehead atoms. The molecule has 174 valence electrons. The van der Waals surface area contributed by atoms with Crippen molar-refractivity contribution in [1.82, 2.24) is 19.5 Å². The summed E-state index contributed by atoms with van der Waals surface area (Å²) in [6.45, 7) is 1.24. The van der Waals surface area contributed by atoms with Gasteiger partial charge in [0.15, 0.2) is 5.65 Å². The molecule has 4 rings (SSSR count). The van der Waals surface area contributed by atoms with Crippen LogP contribution in [0.1, 0.15) is 12.0 Å². The van der Waals surface area contributed by atoms with E-state index in [2.05, 4.69) is 26.3 Å². The lowest BCUT2D eigenvalue weighted by molar-refractivity contribution is -0.124. The highest BCUT2D eigenvalue weighted by atomic mass is 79.9. The van der Waals surface area contributed by atoms with Crippen LogP contribution in [0.5, 0.6) is 0 Å². The lowest BCUT2D eigenvalue weighted by atomic mass is 10.1. The zero-order valence-corrected chi connectivity index (χ0v) is 21.5. The molecule has 2 heterocycles. The monoisotopic (exact) mass is 557 g/mol. The first-order valence-electron chi connectivity index (χ1n) is 10.6. The van der Waals surface area contributed by atoms with Gasteiger partial charge in [0, 0.05) is 47.9 Å². The van der Waals surface area contributed by atoms with Crippen molar-refractivity contribution in [1.29, 1.82) is 0 Å². The Balaban J connectivity index is 1.40. The number of nitrogens with zero attached hydrogens (tertiary/aromatic N) is 4. The first-order chi connectivity index (χ1) is 16.4. The highest BCUT2D eigenvalue weighted by molar-refractivity contribution is 9.10. The lowest BCUT2D eigenvalue weighted by Gasteiger charge is -2.16. The summed E-state index contributed by atoms with van der Waals surface area (Å²) in [5, 5.41) is 9.09. The molecule has 9 heteroatoms. The Labute approximate surface area is 216 Å². The predicted molar refractivity (Wildman–Crippen MR) is 142 cm³/mol. The third-order valence-corrected chi connectivity index (χ3v) is 6.32. The van der Waals surface area contributed by atoms with Gasteiger partial charge in [-0.05, 0) is 52.2 Å². The van der Waals surface area contributed by atoms with E-state index in [0.717, 1.165) is 33.5 Å². The SMILES string of the molecule is CN(CCCNc1cc(-c2ccccc2Cl)nc2c(Br)cnn12)C(=O)/C=C/c1cccc(Cl)c1. The molecule has 34 heavy (non-hydrogen) atoms. The maximum absolute atomic E-state index is 12.4. The topological polar surface area (TPSA) is 62.5 Å². The van der Waals surface area contributed by atoms with Crippen molar-refractivity contribution in [2.24, 2.45) is 0 Å². The van der Waals surface area contributed by atoms with Crippen molar-refractivity contribution in [2.45, 2.75) is 6.42 Å². The number of aromatic nitrogens is 3. The summed E-state index contributed by atoms with van der Waals surface area (Å²) in [7, 11) is 1.79. The maximum Gasteiger partial charge on any atom is 0.246 e. The van der Waals surface area contributed by atoms with E-state index in [1.807, 2.05) is 48.5 Å². The largest absolute Gasteiger partial charge is 0.370 e. The third-order valence-electron chi connectivity index (χ3n) is 5.20. The molecule has 0 atom stereocenters. The summed E-state index contributed by atoms with van der Waals surface area (Å²) in [6, 6.07) is 16.9. The predicted octanol–water partition coefficient (Wildman–Crippen LogP) is 6.44. The molecule has 0 aliphatic heterocycles. The van der Waals surface area contributed by atoms with Crippen molar-refractivity contribution in [2.75, 3.05) is 25.5 Å². The van der Waals surface area contributed by atoms with Crippen molar-refractivity contribution in [3.8, 4) is 11.3 Å². The fourth-order valence-electron chi connectivity index (χ4n) is 3.42. The quantitative estimate of drug-likeness (QED) is 0.200. The summed E-state index contributed by atoms with van der Waals surface area (Å²) in [4.78, 5) is 18.8. The van der Waals surface area contributed by atoms with Gasteiger partial charge >= 0.3 is 0 Å². The van der Waals surface area contributed by atoms with E-state index >= 15 is 0 Å². The van der Waals surface area contributed by atoms with Crippen LogP contribution in [0.15, 0.2) is 71.3 Å². The Morgan fingerprint density at radius 3 is 2.79 bits per heavy atom. The number of carbonyl (C=O) groups excluding carboxylic acids is 1. The molecule has 0 fully saturated rings. The Bertz CT molecular complexity index is 1350. The summed E-state index contributed by atoms with van der Waals surface area (Å²) in [5.41, 5.74) is 3.18. The van der Waals surface area contributed by atoms with Gasteiger partial charge < -0.3 is 10.2 Å². The Hall–Kier alpha value is -2.87. The molecule has 0 aliphatic rings. The van der Waals surface area contributed by atoms with Crippen LogP contribution in [0.3, 0.4) is 0 Å². The van der Waals surface area contributed by atoms with E-state index in [-0.39, 0.29) is 5.91 Å².